The first-order valence-corrected chi connectivity index (χ1v) is 28.2. The summed E-state index contributed by atoms with van der Waals surface area (Å²) >= 11 is 0. The summed E-state index contributed by atoms with van der Waals surface area (Å²) in [5, 5.41) is 29.5. The van der Waals surface area contributed by atoms with Crippen molar-refractivity contribution >= 4 is 17.7 Å². The molecule has 2 saturated heterocycles. The second-order valence-corrected chi connectivity index (χ2v) is 23.0. The van der Waals surface area contributed by atoms with E-state index in [1.54, 1.807) is 52.0 Å². The molecule has 10 nitrogen and oxygen atoms in total. The molecule has 1 unspecified atom stereocenters. The smallest absolute Gasteiger partial charge is 0.313 e. The number of aliphatic hydroxyl groups excluding tert-OH is 1. The van der Waals surface area contributed by atoms with Gasteiger partial charge in [-0.1, -0.05) is 168 Å². The molecule has 0 spiro atoms. The number of piperidine rings is 2. The van der Waals surface area contributed by atoms with E-state index in [0.29, 0.717) is 24.0 Å². The molecule has 0 radical (unpaired) electrons. The largest absolute Gasteiger partial charge is 0.481 e. The molecule has 1 atom stereocenters. The van der Waals surface area contributed by atoms with Crippen LogP contribution >= 0.6 is 0 Å². The molecule has 2 aliphatic heterocycles. The van der Waals surface area contributed by atoms with Gasteiger partial charge in [-0.15, -0.1) is 0 Å². The number of hydrogen-bond donors (Lipinski definition) is 3. The van der Waals surface area contributed by atoms with E-state index in [4.69, 9.17) is 9.47 Å². The monoisotopic (exact) mass is 1060 g/mol. The number of rotatable bonds is 22. The molecule has 6 aromatic carbocycles. The molecule has 0 aliphatic carbocycles. The predicted molar refractivity (Wildman–Crippen MR) is 311 cm³/mol. The van der Waals surface area contributed by atoms with Crippen LogP contribution in [0.5, 0.6) is 0 Å². The van der Waals surface area contributed by atoms with Crippen LogP contribution in [0.2, 0.25) is 0 Å². The van der Waals surface area contributed by atoms with E-state index in [0.717, 1.165) is 88.9 Å². The predicted octanol–water partition coefficient (Wildman–Crippen LogP) is 13.6. The van der Waals surface area contributed by atoms with Gasteiger partial charge in [0.15, 0.2) is 5.78 Å². The minimum atomic E-state index is -0.975. The molecule has 0 amide bonds. The van der Waals surface area contributed by atoms with Gasteiger partial charge in [-0.3, -0.25) is 14.4 Å². The van der Waals surface area contributed by atoms with Crippen molar-refractivity contribution in [1.29, 1.82) is 0 Å². The number of carboxylic acids is 2. The van der Waals surface area contributed by atoms with Crippen LogP contribution in [0.3, 0.4) is 0 Å². The van der Waals surface area contributed by atoms with Crippen molar-refractivity contribution < 1.29 is 39.2 Å². The zero-order chi connectivity index (χ0) is 56.0. The van der Waals surface area contributed by atoms with Gasteiger partial charge < -0.3 is 34.6 Å². The Morgan fingerprint density at radius 1 is 0.474 bits per heavy atom. The van der Waals surface area contributed by atoms with Gasteiger partial charge in [0.25, 0.3) is 0 Å². The zero-order valence-electron chi connectivity index (χ0n) is 47.4. The number of likely N-dealkylation sites (tertiary alicyclic amines) is 2. The summed E-state index contributed by atoms with van der Waals surface area (Å²) in [6.07, 6.45) is 6.56. The van der Waals surface area contributed by atoms with Crippen LogP contribution in [0, 0.1) is 27.7 Å². The highest BCUT2D eigenvalue weighted by atomic mass is 16.5. The molecule has 0 saturated carbocycles. The highest BCUT2D eigenvalue weighted by Crippen LogP contribution is 2.34. The standard InChI is InChI=1S/C34H43NO4.C34H41NO4/c2*1-24-7-11-27(12-8-24)32(28-13-9-25(2)10-14-28)39-30-19-22-35(23-20-30)21-5-6-31(36)26-15-17-29(18-16-26)34(3,4)33(37)38/h7-18,30-32,36H,5-6,19-23H2,1-4H3,(H,37,38);7-18,30,32H,5-6,19-23H2,1-4H3,(H,37,38). The number of carbonyl (C=O) groups excluding carboxylic acids is 1. The highest BCUT2D eigenvalue weighted by Gasteiger charge is 2.31. The zero-order valence-corrected chi connectivity index (χ0v) is 47.4. The van der Waals surface area contributed by atoms with Crippen LogP contribution in [0.25, 0.3) is 0 Å². The molecule has 414 valence electrons. The molecule has 2 fully saturated rings. The Hall–Kier alpha value is -6.27. The van der Waals surface area contributed by atoms with Gasteiger partial charge >= 0.3 is 11.9 Å². The first-order chi connectivity index (χ1) is 37.3. The first-order valence-electron chi connectivity index (χ1n) is 28.2. The van der Waals surface area contributed by atoms with Crippen LogP contribution in [0.1, 0.15) is 169 Å². The molecule has 8 rings (SSSR count). The van der Waals surface area contributed by atoms with E-state index in [9.17, 15) is 29.7 Å². The number of aryl methyl sites for hydroxylation is 4. The van der Waals surface area contributed by atoms with E-state index >= 15 is 0 Å². The number of carboxylic acid groups (broad SMARTS) is 2. The summed E-state index contributed by atoms with van der Waals surface area (Å²) < 4.78 is 13.5. The van der Waals surface area contributed by atoms with E-state index in [-0.39, 0.29) is 30.2 Å². The maximum absolute atomic E-state index is 12.7. The fraction of sp³-hybridized carbons (Fsp3) is 0.426. The molecule has 0 aromatic heterocycles. The summed E-state index contributed by atoms with van der Waals surface area (Å²) in [5.41, 5.74) is 10.7. The van der Waals surface area contributed by atoms with Crippen LogP contribution in [0.15, 0.2) is 146 Å². The quantitative estimate of drug-likeness (QED) is 0.0564. The van der Waals surface area contributed by atoms with Crippen molar-refractivity contribution in [2.24, 2.45) is 0 Å². The van der Waals surface area contributed by atoms with Crippen molar-refractivity contribution in [2.75, 3.05) is 39.3 Å². The third kappa shape index (κ3) is 16.4. The Kier molecular flexibility index (Phi) is 21.0. The molecule has 10 heteroatoms. The van der Waals surface area contributed by atoms with Crippen molar-refractivity contribution in [3.8, 4) is 0 Å². The van der Waals surface area contributed by atoms with Crippen molar-refractivity contribution in [3.63, 3.8) is 0 Å². The van der Waals surface area contributed by atoms with Crippen LogP contribution in [0.4, 0.5) is 0 Å². The van der Waals surface area contributed by atoms with Crippen LogP contribution < -0.4 is 0 Å². The Labute approximate surface area is 464 Å². The summed E-state index contributed by atoms with van der Waals surface area (Å²) in [6, 6.07) is 49.0. The molecule has 0 bridgehead atoms. The summed E-state index contributed by atoms with van der Waals surface area (Å²) in [6.45, 7) is 20.9. The Balaban J connectivity index is 0.000000226. The molecular formula is C68H84N2O8. The summed E-state index contributed by atoms with van der Waals surface area (Å²) in [7, 11) is 0. The van der Waals surface area contributed by atoms with E-state index in [2.05, 4.69) is 135 Å². The van der Waals surface area contributed by atoms with Crippen molar-refractivity contribution in [1.82, 2.24) is 9.80 Å². The van der Waals surface area contributed by atoms with Gasteiger partial charge in [0.05, 0.1) is 29.1 Å². The summed E-state index contributed by atoms with van der Waals surface area (Å²) in [4.78, 5) is 40.6. The van der Waals surface area contributed by atoms with Gasteiger partial charge in [-0.25, -0.2) is 0 Å². The number of benzene rings is 6. The van der Waals surface area contributed by atoms with E-state index < -0.39 is 28.9 Å². The lowest BCUT2D eigenvalue weighted by Crippen LogP contribution is -2.38. The fourth-order valence-corrected chi connectivity index (χ4v) is 10.3. The molecule has 2 heterocycles. The number of nitrogens with zero attached hydrogens (tertiary/aromatic N) is 2. The highest BCUT2D eigenvalue weighted by molar-refractivity contribution is 5.96. The SMILES string of the molecule is Cc1ccc(C(OC2CCN(CCCC(=O)c3ccc(C(C)(C)C(=O)O)cc3)CC2)c2ccc(C)cc2)cc1.Cc1ccc(C(OC2CCN(CCCC(O)c3ccc(C(C)(C)C(=O)O)cc3)CC2)c2ccc(C)cc2)cc1. The lowest BCUT2D eigenvalue weighted by atomic mass is 9.84. The molecule has 6 aromatic rings. The second kappa shape index (κ2) is 27.5. The Morgan fingerprint density at radius 2 is 0.782 bits per heavy atom. The number of ether oxygens (including phenoxy) is 2. The van der Waals surface area contributed by atoms with Gasteiger partial charge in [0.2, 0.25) is 0 Å². The van der Waals surface area contributed by atoms with Crippen LogP contribution in [-0.4, -0.2) is 94.3 Å². The van der Waals surface area contributed by atoms with Gasteiger partial charge in [-0.05, 0) is 152 Å². The molecule has 2 aliphatic rings. The lowest BCUT2D eigenvalue weighted by molar-refractivity contribution is -0.143. The van der Waals surface area contributed by atoms with E-state index in [1.165, 1.54) is 44.5 Å². The molecule has 3 N–H and O–H groups in total. The maximum atomic E-state index is 12.7. The molecular weight excluding hydrogens is 973 g/mol. The number of ketones is 1. The molecule has 78 heavy (non-hydrogen) atoms. The first kappa shape index (κ1) is 59.4. The Bertz CT molecular complexity index is 2740. The normalized spacial score (nSPS) is 15.5. The number of aliphatic hydroxyl groups is 1. The van der Waals surface area contributed by atoms with Gasteiger partial charge in [0.1, 0.15) is 12.2 Å². The minimum absolute atomic E-state index is 0.0645. The summed E-state index contributed by atoms with van der Waals surface area (Å²) in [5.74, 6) is -1.63. The average Bonchev–Trinajstić information content (AvgIpc) is 3.44. The van der Waals surface area contributed by atoms with Crippen molar-refractivity contribution in [3.05, 3.63) is 212 Å². The van der Waals surface area contributed by atoms with E-state index in [1.807, 2.05) is 24.3 Å². The van der Waals surface area contributed by atoms with Gasteiger partial charge in [0, 0.05) is 38.2 Å². The van der Waals surface area contributed by atoms with Crippen LogP contribution in [-0.2, 0) is 29.9 Å². The number of aliphatic carboxylic acids is 2. The maximum Gasteiger partial charge on any atom is 0.313 e. The number of hydrogen-bond acceptors (Lipinski definition) is 8. The topological polar surface area (TPSA) is 137 Å². The average molecular weight is 1060 g/mol. The van der Waals surface area contributed by atoms with Gasteiger partial charge in [-0.2, -0.15) is 0 Å². The lowest BCUT2D eigenvalue weighted by Gasteiger charge is -2.34. The number of carbonyl (C=O) groups is 3. The fourth-order valence-electron chi connectivity index (χ4n) is 10.3. The minimum Gasteiger partial charge on any atom is -0.481 e. The van der Waals surface area contributed by atoms with Crippen molar-refractivity contribution in [2.45, 2.75) is 148 Å². The third-order valence-electron chi connectivity index (χ3n) is 16.1. The Morgan fingerprint density at radius 3 is 1.12 bits per heavy atom. The number of Topliss-reactive ketones (excluding diaryl/α,β-unsaturated/α-hetero) is 1. The second-order valence-electron chi connectivity index (χ2n) is 23.0. The third-order valence-corrected chi connectivity index (χ3v) is 16.1.